The summed E-state index contributed by atoms with van der Waals surface area (Å²) in [6.45, 7) is 5.05. The summed E-state index contributed by atoms with van der Waals surface area (Å²) in [5.41, 5.74) is 9.18. The number of anilines is 1. The fourth-order valence-corrected chi connectivity index (χ4v) is 2.35. The lowest BCUT2D eigenvalue weighted by molar-refractivity contribution is 0.595. The summed E-state index contributed by atoms with van der Waals surface area (Å²) in [6, 6.07) is 3.85. The average molecular weight is 291 g/mol. The largest absolute Gasteiger partial charge is 0.383 e. The van der Waals surface area contributed by atoms with Crippen LogP contribution in [0.3, 0.4) is 0 Å². The Hall–Kier alpha value is -1.65. The SMILES string of the molecule is CCCNC(c1ccncc1C)c1cc(Cl)cnc1N. The van der Waals surface area contributed by atoms with Crippen molar-refractivity contribution in [3.63, 3.8) is 0 Å². The number of nitrogens with two attached hydrogens (primary N) is 1. The lowest BCUT2D eigenvalue weighted by Crippen LogP contribution is -2.25. The maximum Gasteiger partial charge on any atom is 0.128 e. The van der Waals surface area contributed by atoms with Crippen LogP contribution < -0.4 is 11.1 Å². The summed E-state index contributed by atoms with van der Waals surface area (Å²) < 4.78 is 0. The number of halogens is 1. The number of pyridine rings is 2. The summed E-state index contributed by atoms with van der Waals surface area (Å²) >= 11 is 6.06. The minimum absolute atomic E-state index is 0.0239. The first-order valence-corrected chi connectivity index (χ1v) is 7.06. The van der Waals surface area contributed by atoms with Crippen molar-refractivity contribution in [2.75, 3.05) is 12.3 Å². The number of nitrogen functional groups attached to an aromatic ring is 1. The Morgan fingerprint density at radius 2 is 2.15 bits per heavy atom. The number of rotatable bonds is 5. The Balaban J connectivity index is 2.47. The molecule has 5 heteroatoms. The third kappa shape index (κ3) is 3.26. The van der Waals surface area contributed by atoms with E-state index in [4.69, 9.17) is 17.3 Å². The molecule has 3 N–H and O–H groups in total. The molecule has 4 nitrogen and oxygen atoms in total. The molecule has 0 spiro atoms. The number of hydrogen-bond donors (Lipinski definition) is 2. The van der Waals surface area contributed by atoms with Crippen LogP contribution in [0.5, 0.6) is 0 Å². The van der Waals surface area contributed by atoms with Crippen molar-refractivity contribution in [1.29, 1.82) is 0 Å². The van der Waals surface area contributed by atoms with Crippen molar-refractivity contribution in [3.05, 3.63) is 52.4 Å². The number of nitrogens with zero attached hydrogens (tertiary/aromatic N) is 2. The van der Waals surface area contributed by atoms with E-state index in [0.717, 1.165) is 29.7 Å². The van der Waals surface area contributed by atoms with Crippen LogP contribution in [-0.4, -0.2) is 16.5 Å². The minimum Gasteiger partial charge on any atom is -0.383 e. The van der Waals surface area contributed by atoms with Gasteiger partial charge in [0.15, 0.2) is 0 Å². The molecular formula is C15H19ClN4. The second-order valence-corrected chi connectivity index (χ2v) is 5.18. The summed E-state index contributed by atoms with van der Waals surface area (Å²) in [6.07, 6.45) is 6.24. The Kier molecular flexibility index (Phi) is 4.93. The third-order valence-corrected chi connectivity index (χ3v) is 3.41. The van der Waals surface area contributed by atoms with Crippen molar-refractivity contribution < 1.29 is 0 Å². The highest BCUT2D eigenvalue weighted by molar-refractivity contribution is 6.30. The number of hydrogen-bond acceptors (Lipinski definition) is 4. The van der Waals surface area contributed by atoms with Gasteiger partial charge in [-0.15, -0.1) is 0 Å². The van der Waals surface area contributed by atoms with Crippen molar-refractivity contribution in [2.45, 2.75) is 26.3 Å². The van der Waals surface area contributed by atoms with Crippen molar-refractivity contribution in [1.82, 2.24) is 15.3 Å². The highest BCUT2D eigenvalue weighted by Gasteiger charge is 2.19. The lowest BCUT2D eigenvalue weighted by Gasteiger charge is -2.22. The lowest BCUT2D eigenvalue weighted by atomic mass is 9.96. The van der Waals surface area contributed by atoms with Crippen LogP contribution in [0.2, 0.25) is 5.02 Å². The molecular weight excluding hydrogens is 272 g/mol. The monoisotopic (exact) mass is 290 g/mol. The Bertz CT molecular complexity index is 586. The van der Waals surface area contributed by atoms with Gasteiger partial charge in [-0.3, -0.25) is 4.98 Å². The van der Waals surface area contributed by atoms with E-state index in [-0.39, 0.29) is 6.04 Å². The van der Waals surface area contributed by atoms with Gasteiger partial charge in [0.25, 0.3) is 0 Å². The van der Waals surface area contributed by atoms with Crippen LogP contribution >= 0.6 is 11.6 Å². The fraction of sp³-hybridized carbons (Fsp3) is 0.333. The second-order valence-electron chi connectivity index (χ2n) is 4.75. The summed E-state index contributed by atoms with van der Waals surface area (Å²) in [5, 5.41) is 4.09. The minimum atomic E-state index is -0.0239. The van der Waals surface area contributed by atoms with Gasteiger partial charge in [0.05, 0.1) is 11.1 Å². The van der Waals surface area contributed by atoms with Crippen LogP contribution in [0.4, 0.5) is 5.82 Å². The molecule has 2 rings (SSSR count). The van der Waals surface area contributed by atoms with E-state index in [2.05, 4.69) is 22.2 Å². The molecule has 1 atom stereocenters. The molecule has 0 aliphatic heterocycles. The Morgan fingerprint density at radius 3 is 2.85 bits per heavy atom. The van der Waals surface area contributed by atoms with E-state index in [1.54, 1.807) is 12.4 Å². The molecule has 1 unspecified atom stereocenters. The maximum absolute atomic E-state index is 6.06. The van der Waals surface area contributed by atoms with Gasteiger partial charge in [-0.25, -0.2) is 4.98 Å². The van der Waals surface area contributed by atoms with E-state index in [0.29, 0.717) is 10.8 Å². The van der Waals surface area contributed by atoms with Gasteiger partial charge in [-0.2, -0.15) is 0 Å². The zero-order valence-electron chi connectivity index (χ0n) is 11.7. The van der Waals surface area contributed by atoms with E-state index < -0.39 is 0 Å². The third-order valence-electron chi connectivity index (χ3n) is 3.20. The molecule has 20 heavy (non-hydrogen) atoms. The predicted molar refractivity (Wildman–Crippen MR) is 82.8 cm³/mol. The number of nitrogens with one attached hydrogen (secondary N) is 1. The van der Waals surface area contributed by atoms with Gasteiger partial charge in [0.2, 0.25) is 0 Å². The van der Waals surface area contributed by atoms with Crippen LogP contribution in [-0.2, 0) is 0 Å². The maximum atomic E-state index is 6.06. The molecule has 0 saturated heterocycles. The van der Waals surface area contributed by atoms with Gasteiger partial charge < -0.3 is 11.1 Å². The predicted octanol–water partition coefficient (Wildman–Crippen LogP) is 3.11. The average Bonchev–Trinajstić information content (AvgIpc) is 2.44. The molecule has 0 radical (unpaired) electrons. The molecule has 2 aromatic rings. The number of aryl methyl sites for hydroxylation is 1. The van der Waals surface area contributed by atoms with Gasteiger partial charge in [-0.1, -0.05) is 18.5 Å². The van der Waals surface area contributed by atoms with E-state index in [1.165, 1.54) is 0 Å². The van der Waals surface area contributed by atoms with Crippen LogP contribution in [0.25, 0.3) is 0 Å². The molecule has 106 valence electrons. The van der Waals surface area contributed by atoms with E-state index >= 15 is 0 Å². The van der Waals surface area contributed by atoms with Crippen LogP contribution in [0.1, 0.15) is 36.1 Å². The molecule has 0 saturated carbocycles. The summed E-state index contributed by atoms with van der Waals surface area (Å²) in [4.78, 5) is 8.29. The van der Waals surface area contributed by atoms with Gasteiger partial charge in [0.1, 0.15) is 5.82 Å². The smallest absolute Gasteiger partial charge is 0.128 e. The van der Waals surface area contributed by atoms with Crippen molar-refractivity contribution >= 4 is 17.4 Å². The molecule has 0 amide bonds. The first kappa shape index (κ1) is 14.8. The normalized spacial score (nSPS) is 12.3. The molecule has 0 fully saturated rings. The summed E-state index contributed by atoms with van der Waals surface area (Å²) in [7, 11) is 0. The first-order chi connectivity index (χ1) is 9.63. The van der Waals surface area contributed by atoms with Gasteiger partial charge in [0, 0.05) is 24.2 Å². The van der Waals surface area contributed by atoms with Crippen LogP contribution in [0.15, 0.2) is 30.7 Å². The van der Waals surface area contributed by atoms with Gasteiger partial charge in [-0.05, 0) is 43.1 Å². The van der Waals surface area contributed by atoms with Crippen LogP contribution in [0, 0.1) is 6.92 Å². The summed E-state index contributed by atoms with van der Waals surface area (Å²) in [5.74, 6) is 0.499. The topological polar surface area (TPSA) is 63.8 Å². The standard InChI is InChI=1S/C15H19ClN4/c1-3-5-19-14(12-4-6-18-8-10(12)2)13-7-11(16)9-20-15(13)17/h4,6-9,14,19H,3,5H2,1-2H3,(H2,17,20). The zero-order valence-corrected chi connectivity index (χ0v) is 12.5. The quantitative estimate of drug-likeness (QED) is 0.888. The highest BCUT2D eigenvalue weighted by Crippen LogP contribution is 2.29. The molecule has 0 aliphatic rings. The molecule has 2 heterocycles. The van der Waals surface area contributed by atoms with E-state index in [1.807, 2.05) is 25.3 Å². The van der Waals surface area contributed by atoms with Gasteiger partial charge >= 0.3 is 0 Å². The van der Waals surface area contributed by atoms with E-state index in [9.17, 15) is 0 Å². The number of aromatic nitrogens is 2. The molecule has 0 aromatic carbocycles. The molecule has 0 bridgehead atoms. The van der Waals surface area contributed by atoms with Crippen molar-refractivity contribution in [3.8, 4) is 0 Å². The fourth-order valence-electron chi connectivity index (χ4n) is 2.18. The Morgan fingerprint density at radius 1 is 1.35 bits per heavy atom. The zero-order chi connectivity index (χ0) is 14.5. The molecule has 2 aromatic heterocycles. The molecule has 0 aliphatic carbocycles. The second kappa shape index (κ2) is 6.68. The van der Waals surface area contributed by atoms with Crippen molar-refractivity contribution in [2.24, 2.45) is 0 Å². The Labute approximate surface area is 124 Å². The highest BCUT2D eigenvalue weighted by atomic mass is 35.5. The first-order valence-electron chi connectivity index (χ1n) is 6.68.